The van der Waals surface area contributed by atoms with Crippen molar-refractivity contribution in [1.29, 1.82) is 0 Å². The zero-order chi connectivity index (χ0) is 19.2. The van der Waals surface area contributed by atoms with Crippen LogP contribution in [0.15, 0.2) is 0 Å². The van der Waals surface area contributed by atoms with Crippen LogP contribution < -0.4 is 21.7 Å². The third kappa shape index (κ3) is 10.3. The fourth-order valence-electron chi connectivity index (χ4n) is 1.77. The average molecular weight is 373 g/mol. The highest BCUT2D eigenvalue weighted by Crippen LogP contribution is 2.10. The highest BCUT2D eigenvalue weighted by Gasteiger charge is 2.09. The Morgan fingerprint density at radius 3 is 2.19 bits per heavy atom. The molecule has 0 bridgehead atoms. The molecule has 11 heteroatoms. The van der Waals surface area contributed by atoms with Crippen molar-refractivity contribution < 1.29 is 19.7 Å². The molecule has 1 atom stereocenters. The predicted octanol–water partition coefficient (Wildman–Crippen LogP) is -1.14. The molecule has 1 aromatic rings. The molecule has 1 rings (SSSR count). The van der Waals surface area contributed by atoms with Crippen LogP contribution in [0, 0.1) is 0 Å². The maximum absolute atomic E-state index is 9.43. The molecule has 0 radical (unpaired) electrons. The Kier molecular flexibility index (Phi) is 11.5. The van der Waals surface area contributed by atoms with Crippen LogP contribution in [-0.2, 0) is 9.47 Å². The van der Waals surface area contributed by atoms with Crippen molar-refractivity contribution in [3.63, 3.8) is 0 Å². The Balaban J connectivity index is 2.48. The topological polar surface area (TPSA) is 160 Å². The average Bonchev–Trinajstić information content (AvgIpc) is 2.61. The molecule has 0 aliphatic rings. The van der Waals surface area contributed by atoms with E-state index in [4.69, 9.17) is 20.3 Å². The summed E-state index contributed by atoms with van der Waals surface area (Å²) in [5, 5.41) is 27.3. The standard InChI is InChI=1S/C15H31N7O4/c1-11(2)19-15-21-13(17-4-6-26-8-7-25-5-3-16)20-14(22-15)18-9-12(24)10-23/h11-12,23-24H,3-10,16H2,1-2H3,(H3,17,18,19,20,21,22). The summed E-state index contributed by atoms with van der Waals surface area (Å²) in [6, 6.07) is 0.151. The SMILES string of the molecule is CC(C)Nc1nc(NCCOCCOCCN)nc(NCC(O)CO)n1. The van der Waals surface area contributed by atoms with Crippen LogP contribution in [0.2, 0.25) is 0 Å². The quantitative estimate of drug-likeness (QED) is 0.206. The number of anilines is 3. The second-order valence-electron chi connectivity index (χ2n) is 5.76. The Bertz CT molecular complexity index is 493. The Hall–Kier alpha value is -1.79. The van der Waals surface area contributed by atoms with E-state index in [0.717, 1.165) is 0 Å². The molecule has 150 valence electrons. The molecule has 0 aliphatic carbocycles. The predicted molar refractivity (Wildman–Crippen MR) is 99.4 cm³/mol. The summed E-state index contributed by atoms with van der Waals surface area (Å²) >= 11 is 0. The van der Waals surface area contributed by atoms with Crippen LogP contribution in [0.5, 0.6) is 0 Å². The first kappa shape index (κ1) is 22.3. The van der Waals surface area contributed by atoms with E-state index in [0.29, 0.717) is 57.4 Å². The molecule has 0 amide bonds. The van der Waals surface area contributed by atoms with Gasteiger partial charge in [0.05, 0.1) is 39.1 Å². The summed E-state index contributed by atoms with van der Waals surface area (Å²) in [6.07, 6.45) is -0.889. The van der Waals surface area contributed by atoms with E-state index in [9.17, 15) is 5.11 Å². The number of hydrogen-bond donors (Lipinski definition) is 6. The maximum atomic E-state index is 9.43. The molecule has 0 aromatic carbocycles. The molecular weight excluding hydrogens is 342 g/mol. The lowest BCUT2D eigenvalue weighted by Crippen LogP contribution is -2.25. The highest BCUT2D eigenvalue weighted by atomic mass is 16.5. The fourth-order valence-corrected chi connectivity index (χ4v) is 1.77. The minimum Gasteiger partial charge on any atom is -0.394 e. The number of rotatable bonds is 15. The van der Waals surface area contributed by atoms with E-state index in [1.54, 1.807) is 0 Å². The minimum absolute atomic E-state index is 0.132. The zero-order valence-electron chi connectivity index (χ0n) is 15.4. The van der Waals surface area contributed by atoms with Gasteiger partial charge < -0.3 is 41.4 Å². The normalized spacial score (nSPS) is 12.2. The first-order valence-electron chi connectivity index (χ1n) is 8.70. The lowest BCUT2D eigenvalue weighted by atomic mass is 10.4. The molecule has 0 fully saturated rings. The van der Waals surface area contributed by atoms with Gasteiger partial charge in [-0.25, -0.2) is 0 Å². The van der Waals surface area contributed by atoms with Crippen LogP contribution in [0.3, 0.4) is 0 Å². The van der Waals surface area contributed by atoms with Crippen LogP contribution in [0.25, 0.3) is 0 Å². The smallest absolute Gasteiger partial charge is 0.229 e. The van der Waals surface area contributed by atoms with Crippen molar-refractivity contribution in [2.45, 2.75) is 26.0 Å². The highest BCUT2D eigenvalue weighted by molar-refractivity contribution is 5.42. The largest absolute Gasteiger partial charge is 0.394 e. The van der Waals surface area contributed by atoms with Gasteiger partial charge in [-0.2, -0.15) is 15.0 Å². The van der Waals surface area contributed by atoms with E-state index in [1.165, 1.54) is 0 Å². The van der Waals surface area contributed by atoms with Gasteiger partial charge in [0.1, 0.15) is 0 Å². The molecular formula is C15H31N7O4. The molecule has 0 saturated carbocycles. The summed E-state index contributed by atoms with van der Waals surface area (Å²) in [4.78, 5) is 12.8. The first-order valence-corrected chi connectivity index (χ1v) is 8.70. The van der Waals surface area contributed by atoms with Crippen molar-refractivity contribution in [3.05, 3.63) is 0 Å². The van der Waals surface area contributed by atoms with Crippen LogP contribution in [0.4, 0.5) is 17.8 Å². The number of aliphatic hydroxyl groups is 2. The van der Waals surface area contributed by atoms with Gasteiger partial charge in [-0.15, -0.1) is 0 Å². The molecule has 11 nitrogen and oxygen atoms in total. The lowest BCUT2D eigenvalue weighted by molar-refractivity contribution is 0.0547. The van der Waals surface area contributed by atoms with Crippen molar-refractivity contribution >= 4 is 17.8 Å². The van der Waals surface area contributed by atoms with Gasteiger partial charge in [-0.05, 0) is 13.8 Å². The number of ether oxygens (including phenoxy) is 2. The van der Waals surface area contributed by atoms with Gasteiger partial charge in [0.25, 0.3) is 0 Å². The molecule has 0 spiro atoms. The summed E-state index contributed by atoms with van der Waals surface area (Å²) in [7, 11) is 0. The van der Waals surface area contributed by atoms with Gasteiger partial charge in [-0.1, -0.05) is 0 Å². The summed E-state index contributed by atoms with van der Waals surface area (Å²) in [5.41, 5.74) is 5.32. The number of nitrogens with zero attached hydrogens (tertiary/aromatic N) is 3. The van der Waals surface area contributed by atoms with E-state index >= 15 is 0 Å². The zero-order valence-corrected chi connectivity index (χ0v) is 15.4. The number of nitrogens with one attached hydrogen (secondary N) is 3. The number of hydrogen-bond acceptors (Lipinski definition) is 11. The molecule has 1 heterocycles. The molecule has 0 saturated heterocycles. The van der Waals surface area contributed by atoms with E-state index < -0.39 is 6.10 Å². The van der Waals surface area contributed by atoms with Crippen molar-refractivity contribution in [1.82, 2.24) is 15.0 Å². The molecule has 1 unspecified atom stereocenters. The minimum atomic E-state index is -0.889. The molecule has 26 heavy (non-hydrogen) atoms. The van der Waals surface area contributed by atoms with E-state index in [2.05, 4.69) is 30.9 Å². The third-order valence-electron chi connectivity index (χ3n) is 2.92. The number of nitrogens with two attached hydrogens (primary N) is 1. The van der Waals surface area contributed by atoms with Crippen LogP contribution in [-0.4, -0.2) is 90.0 Å². The number of aliphatic hydroxyl groups excluding tert-OH is 2. The summed E-state index contributed by atoms with van der Waals surface area (Å²) in [5.74, 6) is 1.09. The molecule has 1 aromatic heterocycles. The van der Waals surface area contributed by atoms with Crippen LogP contribution in [0.1, 0.15) is 13.8 Å². The summed E-state index contributed by atoms with van der Waals surface area (Å²) in [6.45, 7) is 6.74. The van der Waals surface area contributed by atoms with E-state index in [-0.39, 0.29) is 19.2 Å². The third-order valence-corrected chi connectivity index (χ3v) is 2.92. The maximum Gasteiger partial charge on any atom is 0.229 e. The lowest BCUT2D eigenvalue weighted by Gasteiger charge is -2.14. The Labute approximate surface area is 153 Å². The van der Waals surface area contributed by atoms with Gasteiger partial charge in [0, 0.05) is 25.7 Å². The van der Waals surface area contributed by atoms with Crippen LogP contribution >= 0.6 is 0 Å². The van der Waals surface area contributed by atoms with E-state index in [1.807, 2.05) is 13.8 Å². The number of aromatic nitrogens is 3. The second-order valence-corrected chi connectivity index (χ2v) is 5.76. The second kappa shape index (κ2) is 13.4. The monoisotopic (exact) mass is 373 g/mol. The fraction of sp³-hybridized carbons (Fsp3) is 0.800. The molecule has 0 aliphatic heterocycles. The Morgan fingerprint density at radius 1 is 0.962 bits per heavy atom. The van der Waals surface area contributed by atoms with Crippen molar-refractivity contribution in [2.24, 2.45) is 5.73 Å². The molecule has 7 N–H and O–H groups in total. The Morgan fingerprint density at radius 2 is 1.58 bits per heavy atom. The first-order chi connectivity index (χ1) is 12.5. The van der Waals surface area contributed by atoms with Gasteiger partial charge in [0.15, 0.2) is 0 Å². The van der Waals surface area contributed by atoms with Crippen molar-refractivity contribution in [2.75, 3.05) is 68.6 Å². The summed E-state index contributed by atoms with van der Waals surface area (Å²) < 4.78 is 10.6. The van der Waals surface area contributed by atoms with Gasteiger partial charge >= 0.3 is 0 Å². The van der Waals surface area contributed by atoms with Gasteiger partial charge in [-0.3, -0.25) is 0 Å². The van der Waals surface area contributed by atoms with Crippen molar-refractivity contribution in [3.8, 4) is 0 Å². The van der Waals surface area contributed by atoms with Gasteiger partial charge in [0.2, 0.25) is 17.8 Å².